The van der Waals surface area contributed by atoms with Crippen LogP contribution in [0.4, 0.5) is 0 Å². The first-order chi connectivity index (χ1) is 11.1. The molecule has 1 aliphatic rings. The molecule has 1 amide bonds. The lowest BCUT2D eigenvalue weighted by molar-refractivity contribution is -0.127. The predicted molar refractivity (Wildman–Crippen MR) is 85.4 cm³/mol. The van der Waals surface area contributed by atoms with Crippen LogP contribution in [0.15, 0.2) is 34.9 Å². The summed E-state index contributed by atoms with van der Waals surface area (Å²) in [5.74, 6) is -1.66. The van der Waals surface area contributed by atoms with E-state index >= 15 is 0 Å². The van der Waals surface area contributed by atoms with Crippen molar-refractivity contribution in [1.82, 2.24) is 5.32 Å². The monoisotopic (exact) mass is 317 g/mol. The molecule has 7 heteroatoms. The molecule has 4 N–H and O–H groups in total. The summed E-state index contributed by atoms with van der Waals surface area (Å²) in [5, 5.41) is 32.5. The first-order valence-electron chi connectivity index (χ1n) is 7.86. The summed E-state index contributed by atoms with van der Waals surface area (Å²) >= 11 is 0. The molecule has 23 heavy (non-hydrogen) atoms. The van der Waals surface area contributed by atoms with Gasteiger partial charge in [-0.2, -0.15) is 0 Å². The number of aliphatic hydroxyl groups is 1. The van der Waals surface area contributed by atoms with Gasteiger partial charge in [0.25, 0.3) is 0 Å². The topological polar surface area (TPSA) is 103 Å². The number of hydrogen-bond donors (Lipinski definition) is 4. The lowest BCUT2D eigenvalue weighted by Crippen LogP contribution is -2.50. The average Bonchev–Trinajstić information content (AvgIpc) is 3.13. The molecule has 1 unspecified atom stereocenters. The van der Waals surface area contributed by atoms with Gasteiger partial charge in [0.05, 0.1) is 24.2 Å². The van der Waals surface area contributed by atoms with Gasteiger partial charge in [-0.15, -0.1) is 0 Å². The Kier molecular flexibility index (Phi) is 4.70. The van der Waals surface area contributed by atoms with Crippen LogP contribution >= 0.6 is 0 Å². The van der Waals surface area contributed by atoms with E-state index in [0.29, 0.717) is 18.4 Å². The van der Waals surface area contributed by atoms with Crippen molar-refractivity contribution in [2.75, 3.05) is 0 Å². The molecule has 2 aromatic rings. The zero-order valence-electron chi connectivity index (χ0n) is 12.7. The van der Waals surface area contributed by atoms with Crippen molar-refractivity contribution >= 4 is 24.0 Å². The van der Waals surface area contributed by atoms with Crippen LogP contribution in [0.1, 0.15) is 24.8 Å². The normalized spacial score (nSPS) is 22.2. The minimum absolute atomic E-state index is 0.239. The number of hydrogen-bond acceptors (Lipinski definition) is 5. The van der Waals surface area contributed by atoms with Crippen molar-refractivity contribution in [2.45, 2.75) is 37.7 Å². The summed E-state index contributed by atoms with van der Waals surface area (Å²) in [7, 11) is -1.69. The fraction of sp³-hybridized carbons (Fsp3) is 0.438. The van der Waals surface area contributed by atoms with Gasteiger partial charge >= 0.3 is 7.12 Å². The number of rotatable bonds is 5. The van der Waals surface area contributed by atoms with Crippen molar-refractivity contribution in [3.63, 3.8) is 0 Å². The van der Waals surface area contributed by atoms with E-state index in [1.807, 2.05) is 24.3 Å². The van der Waals surface area contributed by atoms with Gasteiger partial charge in [0.2, 0.25) is 5.91 Å². The Balaban J connectivity index is 1.73. The van der Waals surface area contributed by atoms with Crippen LogP contribution < -0.4 is 5.32 Å². The zero-order valence-corrected chi connectivity index (χ0v) is 12.7. The second kappa shape index (κ2) is 6.74. The number of carbonyl (C=O) groups is 1. The summed E-state index contributed by atoms with van der Waals surface area (Å²) < 4.78 is 5.44. The van der Waals surface area contributed by atoms with Crippen LogP contribution in [0.5, 0.6) is 0 Å². The Labute approximate surface area is 134 Å². The highest BCUT2D eigenvalue weighted by Crippen LogP contribution is 2.26. The number of carbonyl (C=O) groups excluding carboxylic acids is 1. The molecule has 0 radical (unpaired) electrons. The Morgan fingerprint density at radius 3 is 2.83 bits per heavy atom. The van der Waals surface area contributed by atoms with E-state index in [1.165, 1.54) is 0 Å². The van der Waals surface area contributed by atoms with Crippen LogP contribution in [-0.2, 0) is 11.2 Å². The number of benzene rings is 1. The first-order valence-corrected chi connectivity index (χ1v) is 7.86. The molecule has 1 aromatic heterocycles. The molecular formula is C16H20BNO5. The Hall–Kier alpha value is -1.83. The molecule has 3 atom stereocenters. The Morgan fingerprint density at radius 1 is 1.35 bits per heavy atom. The van der Waals surface area contributed by atoms with E-state index in [1.54, 1.807) is 6.26 Å². The second-order valence-electron chi connectivity index (χ2n) is 6.09. The van der Waals surface area contributed by atoms with Gasteiger partial charge in [0.15, 0.2) is 0 Å². The number of para-hydroxylation sites is 1. The quantitative estimate of drug-likeness (QED) is 0.606. The maximum atomic E-state index is 12.2. The smallest absolute Gasteiger partial charge is 0.464 e. The molecule has 0 spiro atoms. The SMILES string of the molecule is O=C(NC(Cc1coc2ccccc12)B(O)O)[C@@H]1CCC[C@@H]1O. The molecule has 0 aliphatic heterocycles. The van der Waals surface area contributed by atoms with E-state index < -0.39 is 25.1 Å². The van der Waals surface area contributed by atoms with Crippen molar-refractivity contribution in [3.05, 3.63) is 36.1 Å². The molecule has 1 fully saturated rings. The van der Waals surface area contributed by atoms with E-state index in [9.17, 15) is 19.9 Å². The molecule has 0 bridgehead atoms. The fourth-order valence-corrected chi connectivity index (χ4v) is 3.19. The standard InChI is InChI=1S/C16H20BNO5/c19-13-6-3-5-12(13)16(20)18-15(17(21)22)8-10-9-23-14-7-2-1-4-11(10)14/h1-2,4,7,9,12-13,15,19,21-22H,3,5-6,8H2,(H,18,20)/t12-,13+,15?/m1/s1. The zero-order chi connectivity index (χ0) is 16.4. The Bertz CT molecular complexity index is 686. The van der Waals surface area contributed by atoms with Gasteiger partial charge in [-0.05, 0) is 37.3 Å². The van der Waals surface area contributed by atoms with Crippen LogP contribution in [0.2, 0.25) is 0 Å². The number of aliphatic hydroxyl groups excluding tert-OH is 1. The van der Waals surface area contributed by atoms with E-state index in [0.717, 1.165) is 17.4 Å². The maximum Gasteiger partial charge on any atom is 0.475 e. The van der Waals surface area contributed by atoms with Crippen LogP contribution in [0.25, 0.3) is 11.0 Å². The van der Waals surface area contributed by atoms with Gasteiger partial charge in [0, 0.05) is 5.39 Å². The maximum absolute atomic E-state index is 12.2. The highest BCUT2D eigenvalue weighted by molar-refractivity contribution is 6.43. The third-order valence-corrected chi connectivity index (χ3v) is 4.50. The van der Waals surface area contributed by atoms with Gasteiger partial charge < -0.3 is 24.9 Å². The van der Waals surface area contributed by atoms with Crippen LogP contribution in [0.3, 0.4) is 0 Å². The number of furan rings is 1. The van der Waals surface area contributed by atoms with E-state index in [-0.39, 0.29) is 12.3 Å². The number of amides is 1. The lowest BCUT2D eigenvalue weighted by atomic mass is 9.75. The van der Waals surface area contributed by atoms with Crippen LogP contribution in [0, 0.1) is 5.92 Å². The molecule has 1 aliphatic carbocycles. The highest BCUT2D eigenvalue weighted by atomic mass is 16.4. The van der Waals surface area contributed by atoms with Crippen LogP contribution in [-0.4, -0.2) is 40.2 Å². The summed E-state index contributed by atoms with van der Waals surface area (Å²) in [4.78, 5) is 12.2. The van der Waals surface area contributed by atoms with Crippen molar-refractivity contribution in [1.29, 1.82) is 0 Å². The lowest BCUT2D eigenvalue weighted by Gasteiger charge is -2.21. The minimum Gasteiger partial charge on any atom is -0.464 e. The summed E-state index contributed by atoms with van der Waals surface area (Å²) in [5.41, 5.74) is 1.51. The average molecular weight is 317 g/mol. The number of fused-ring (bicyclic) bond motifs is 1. The Morgan fingerprint density at radius 2 is 2.13 bits per heavy atom. The third kappa shape index (κ3) is 3.42. The summed E-state index contributed by atoms with van der Waals surface area (Å²) in [6, 6.07) is 7.45. The van der Waals surface area contributed by atoms with Gasteiger partial charge in [-0.3, -0.25) is 4.79 Å². The van der Waals surface area contributed by atoms with E-state index in [2.05, 4.69) is 5.32 Å². The van der Waals surface area contributed by atoms with Crippen molar-refractivity contribution in [3.8, 4) is 0 Å². The van der Waals surface area contributed by atoms with Crippen molar-refractivity contribution < 1.29 is 24.4 Å². The molecule has 122 valence electrons. The summed E-state index contributed by atoms with van der Waals surface area (Å²) in [6.07, 6.45) is 3.19. The third-order valence-electron chi connectivity index (χ3n) is 4.50. The van der Waals surface area contributed by atoms with E-state index in [4.69, 9.17) is 4.42 Å². The van der Waals surface area contributed by atoms with Crippen molar-refractivity contribution in [2.24, 2.45) is 5.92 Å². The predicted octanol–water partition coefficient (Wildman–Crippen LogP) is 0.633. The fourth-order valence-electron chi connectivity index (χ4n) is 3.19. The largest absolute Gasteiger partial charge is 0.475 e. The molecule has 0 saturated heterocycles. The molecule has 6 nitrogen and oxygen atoms in total. The minimum atomic E-state index is -1.69. The van der Waals surface area contributed by atoms with Gasteiger partial charge in [0.1, 0.15) is 5.58 Å². The van der Waals surface area contributed by atoms with Gasteiger partial charge in [-0.1, -0.05) is 18.2 Å². The molecule has 3 rings (SSSR count). The highest BCUT2D eigenvalue weighted by Gasteiger charge is 2.35. The number of nitrogens with one attached hydrogen (secondary N) is 1. The first kappa shape index (κ1) is 16.0. The molecular weight excluding hydrogens is 297 g/mol. The molecule has 1 heterocycles. The second-order valence-corrected chi connectivity index (χ2v) is 6.09. The molecule has 1 saturated carbocycles. The summed E-state index contributed by atoms with van der Waals surface area (Å²) in [6.45, 7) is 0. The van der Waals surface area contributed by atoms with Gasteiger partial charge in [-0.25, -0.2) is 0 Å². The molecule has 1 aromatic carbocycles.